The number of hydrogen-bond donors (Lipinski definition) is 2. The van der Waals surface area contributed by atoms with E-state index in [1.54, 1.807) is 28.4 Å². The van der Waals surface area contributed by atoms with Crippen LogP contribution in [0.5, 0.6) is 23.0 Å². The first kappa shape index (κ1) is 26.3. The molecule has 5 rings (SSSR count). The van der Waals surface area contributed by atoms with Gasteiger partial charge in [0.25, 0.3) is 0 Å². The van der Waals surface area contributed by atoms with E-state index in [1.807, 2.05) is 36.4 Å². The monoisotopic (exact) mass is 556 g/mol. The molecule has 0 saturated heterocycles. The molecule has 4 aromatic rings. The molecule has 10 heteroatoms. The Morgan fingerprint density at radius 1 is 0.605 bits per heavy atom. The van der Waals surface area contributed by atoms with Gasteiger partial charge in [0, 0.05) is 35.0 Å². The maximum Gasteiger partial charge on any atom is 0.162 e. The Morgan fingerprint density at radius 3 is 1.34 bits per heavy atom. The highest BCUT2D eigenvalue weighted by molar-refractivity contribution is 6.36. The molecule has 2 heterocycles. The van der Waals surface area contributed by atoms with Crippen LogP contribution in [0.4, 0.5) is 11.6 Å². The van der Waals surface area contributed by atoms with E-state index in [2.05, 4.69) is 10.6 Å². The van der Waals surface area contributed by atoms with Crippen molar-refractivity contribution >= 4 is 56.6 Å². The van der Waals surface area contributed by atoms with Gasteiger partial charge in [-0.05, 0) is 37.1 Å². The van der Waals surface area contributed by atoms with Crippen molar-refractivity contribution in [3.63, 3.8) is 0 Å². The van der Waals surface area contributed by atoms with Crippen molar-refractivity contribution in [2.75, 3.05) is 39.1 Å². The van der Waals surface area contributed by atoms with Crippen LogP contribution in [-0.2, 0) is 0 Å². The lowest BCUT2D eigenvalue weighted by molar-refractivity contribution is 0.356. The smallest absolute Gasteiger partial charge is 0.162 e. The minimum absolute atomic E-state index is 0.117. The Morgan fingerprint density at radius 2 is 0.974 bits per heavy atom. The number of halogens is 2. The molecule has 200 valence electrons. The van der Waals surface area contributed by atoms with Crippen molar-refractivity contribution in [3.8, 4) is 23.0 Å². The zero-order chi connectivity index (χ0) is 26.8. The number of fused-ring (bicyclic) bond motifs is 2. The molecule has 2 aromatic carbocycles. The van der Waals surface area contributed by atoms with Crippen molar-refractivity contribution in [2.24, 2.45) is 0 Å². The second-order valence-electron chi connectivity index (χ2n) is 9.21. The van der Waals surface area contributed by atoms with Crippen LogP contribution < -0.4 is 29.6 Å². The predicted octanol–water partition coefficient (Wildman–Crippen LogP) is 6.96. The van der Waals surface area contributed by atoms with E-state index >= 15 is 0 Å². The van der Waals surface area contributed by atoms with Gasteiger partial charge in [0.1, 0.15) is 11.6 Å². The molecule has 2 atom stereocenters. The number of anilines is 2. The molecule has 2 N–H and O–H groups in total. The fourth-order valence-corrected chi connectivity index (χ4v) is 5.54. The quantitative estimate of drug-likeness (QED) is 0.241. The summed E-state index contributed by atoms with van der Waals surface area (Å²) in [6.45, 7) is 0. The van der Waals surface area contributed by atoms with Gasteiger partial charge in [0.05, 0.1) is 49.5 Å². The Labute approximate surface area is 231 Å². The number of rotatable bonds is 8. The first-order valence-corrected chi connectivity index (χ1v) is 13.2. The molecule has 2 aromatic heterocycles. The van der Waals surface area contributed by atoms with Crippen molar-refractivity contribution in [1.29, 1.82) is 0 Å². The molecular formula is C28H30Cl2N4O4. The molecule has 0 bridgehead atoms. The van der Waals surface area contributed by atoms with E-state index in [9.17, 15) is 0 Å². The summed E-state index contributed by atoms with van der Waals surface area (Å²) in [5.41, 5.74) is 1.45. The average molecular weight is 557 g/mol. The highest BCUT2D eigenvalue weighted by Crippen LogP contribution is 2.38. The third kappa shape index (κ3) is 5.15. The summed E-state index contributed by atoms with van der Waals surface area (Å²) in [5.74, 6) is 3.83. The highest BCUT2D eigenvalue weighted by atomic mass is 35.5. The number of nitrogens with one attached hydrogen (secondary N) is 2. The van der Waals surface area contributed by atoms with Gasteiger partial charge in [0.15, 0.2) is 23.0 Å². The Balaban J connectivity index is 1.42. The molecule has 8 nitrogen and oxygen atoms in total. The second kappa shape index (κ2) is 11.2. The van der Waals surface area contributed by atoms with Crippen LogP contribution in [0.1, 0.15) is 25.7 Å². The number of pyridine rings is 2. The molecule has 1 aliphatic rings. The Kier molecular flexibility index (Phi) is 7.72. The first-order valence-electron chi connectivity index (χ1n) is 12.4. The van der Waals surface area contributed by atoms with Crippen molar-refractivity contribution in [2.45, 2.75) is 37.8 Å². The van der Waals surface area contributed by atoms with Gasteiger partial charge in [-0.3, -0.25) is 0 Å². The minimum Gasteiger partial charge on any atom is -0.493 e. The fraction of sp³-hybridized carbons (Fsp3) is 0.357. The highest BCUT2D eigenvalue weighted by Gasteiger charge is 2.26. The van der Waals surface area contributed by atoms with Crippen LogP contribution in [0, 0.1) is 0 Å². The van der Waals surface area contributed by atoms with Crippen molar-refractivity contribution in [3.05, 3.63) is 46.4 Å². The molecule has 0 radical (unpaired) electrons. The Bertz CT molecular complexity index is 1370. The van der Waals surface area contributed by atoms with E-state index in [0.29, 0.717) is 44.7 Å². The fourth-order valence-electron chi connectivity index (χ4n) is 5.03. The number of ether oxygens (including phenoxy) is 4. The van der Waals surface area contributed by atoms with Crippen LogP contribution >= 0.6 is 23.2 Å². The van der Waals surface area contributed by atoms with Gasteiger partial charge in [-0.2, -0.15) is 0 Å². The van der Waals surface area contributed by atoms with Crippen molar-refractivity contribution < 1.29 is 18.9 Å². The number of hydrogen-bond acceptors (Lipinski definition) is 8. The van der Waals surface area contributed by atoms with Gasteiger partial charge in [-0.15, -0.1) is 0 Å². The Hall–Kier alpha value is -3.36. The summed E-state index contributed by atoms with van der Waals surface area (Å²) < 4.78 is 21.7. The summed E-state index contributed by atoms with van der Waals surface area (Å²) in [4.78, 5) is 9.65. The molecule has 1 saturated carbocycles. The van der Waals surface area contributed by atoms with Crippen LogP contribution in [0.2, 0.25) is 10.0 Å². The standard InChI is InChI=1S/C28H30Cl2N4O4/c1-35-23-9-15-17(29)11-27(33-21(15)13-25(23)37-3)31-19-7-5-6-8-20(19)32-28-12-18(30)16-10-24(36-2)26(38-4)14-22(16)34-28/h9-14,19-20H,5-8H2,1-4H3,(H,31,33)(H,32,34)/t19-,20?/m1/s1. The maximum absolute atomic E-state index is 6.65. The molecule has 1 unspecified atom stereocenters. The third-order valence-corrected chi connectivity index (χ3v) is 7.58. The normalized spacial score (nSPS) is 17.3. The van der Waals surface area contributed by atoms with E-state index < -0.39 is 0 Å². The van der Waals surface area contributed by atoms with Crippen LogP contribution in [0.25, 0.3) is 21.8 Å². The van der Waals surface area contributed by atoms with E-state index in [4.69, 9.17) is 52.1 Å². The lowest BCUT2D eigenvalue weighted by Gasteiger charge is -2.33. The van der Waals surface area contributed by atoms with E-state index in [1.165, 1.54) is 0 Å². The first-order chi connectivity index (χ1) is 18.4. The van der Waals surface area contributed by atoms with Crippen LogP contribution in [-0.4, -0.2) is 50.5 Å². The minimum atomic E-state index is 0.117. The molecular weight excluding hydrogens is 527 g/mol. The molecule has 1 aliphatic carbocycles. The van der Waals surface area contributed by atoms with Gasteiger partial charge in [-0.1, -0.05) is 36.0 Å². The molecule has 38 heavy (non-hydrogen) atoms. The van der Waals surface area contributed by atoms with Gasteiger partial charge in [0.2, 0.25) is 0 Å². The number of nitrogens with zero attached hydrogens (tertiary/aromatic N) is 2. The average Bonchev–Trinajstić information content (AvgIpc) is 2.92. The summed E-state index contributed by atoms with van der Waals surface area (Å²) in [6.07, 6.45) is 4.19. The zero-order valence-electron chi connectivity index (χ0n) is 21.7. The molecule has 0 amide bonds. The number of aromatic nitrogens is 2. The van der Waals surface area contributed by atoms with Gasteiger partial charge < -0.3 is 29.6 Å². The zero-order valence-corrected chi connectivity index (χ0v) is 23.2. The molecule has 0 aliphatic heterocycles. The number of benzene rings is 2. The maximum atomic E-state index is 6.65. The lowest BCUT2D eigenvalue weighted by Crippen LogP contribution is -2.42. The summed E-state index contributed by atoms with van der Waals surface area (Å²) in [6, 6.07) is 11.3. The summed E-state index contributed by atoms with van der Waals surface area (Å²) >= 11 is 13.3. The summed E-state index contributed by atoms with van der Waals surface area (Å²) in [5, 5.41) is 10.00. The van der Waals surface area contributed by atoms with Crippen molar-refractivity contribution in [1.82, 2.24) is 9.97 Å². The van der Waals surface area contributed by atoms with Crippen LogP contribution in [0.3, 0.4) is 0 Å². The van der Waals surface area contributed by atoms with Gasteiger partial charge >= 0.3 is 0 Å². The second-order valence-corrected chi connectivity index (χ2v) is 10.0. The lowest BCUT2D eigenvalue weighted by atomic mass is 9.90. The number of methoxy groups -OCH3 is 4. The summed E-state index contributed by atoms with van der Waals surface area (Å²) in [7, 11) is 6.40. The molecule has 1 fully saturated rings. The molecule has 0 spiro atoms. The third-order valence-electron chi connectivity index (χ3n) is 6.96. The predicted molar refractivity (Wildman–Crippen MR) is 153 cm³/mol. The van der Waals surface area contributed by atoms with Crippen LogP contribution in [0.15, 0.2) is 36.4 Å². The topological polar surface area (TPSA) is 86.8 Å². The SMILES string of the molecule is COc1cc2nc(NC3CCCC[C@H]3Nc3cc(Cl)c4cc(OC)c(OC)cc4n3)cc(Cl)c2cc1OC. The van der Waals surface area contributed by atoms with Gasteiger partial charge in [-0.25, -0.2) is 9.97 Å². The van der Waals surface area contributed by atoms with E-state index in [-0.39, 0.29) is 12.1 Å². The van der Waals surface area contributed by atoms with E-state index in [0.717, 1.165) is 47.5 Å². The largest absolute Gasteiger partial charge is 0.493 e.